The van der Waals surface area contributed by atoms with E-state index in [0.29, 0.717) is 35.5 Å². The van der Waals surface area contributed by atoms with Crippen LogP contribution in [-0.2, 0) is 4.74 Å². The van der Waals surface area contributed by atoms with Crippen LogP contribution in [0.4, 0.5) is 11.4 Å². The topological polar surface area (TPSA) is 93.4 Å². The molecule has 1 saturated heterocycles. The zero-order chi connectivity index (χ0) is 22.9. The Morgan fingerprint density at radius 2 is 1.65 bits per heavy atom. The molecule has 0 saturated carbocycles. The number of carbonyl (C=O) groups is 1. The van der Waals surface area contributed by atoms with E-state index in [2.05, 4.69) is 20.5 Å². The van der Waals surface area contributed by atoms with Crippen molar-refractivity contribution in [1.29, 1.82) is 0 Å². The van der Waals surface area contributed by atoms with Crippen molar-refractivity contribution in [1.82, 2.24) is 15.3 Å². The first-order valence-electron chi connectivity index (χ1n) is 11.1. The molecule has 0 radical (unpaired) electrons. The molecule has 1 fully saturated rings. The minimum absolute atomic E-state index is 0.251. The van der Waals surface area contributed by atoms with Gasteiger partial charge in [0.05, 0.1) is 41.4 Å². The lowest BCUT2D eigenvalue weighted by atomic mass is 10.0. The van der Waals surface area contributed by atoms with Gasteiger partial charge in [0.25, 0.3) is 5.91 Å². The van der Waals surface area contributed by atoms with E-state index in [4.69, 9.17) is 14.3 Å². The number of hydrogen-bond donors (Lipinski definition) is 1. The summed E-state index contributed by atoms with van der Waals surface area (Å²) < 4.78 is 10.5. The van der Waals surface area contributed by atoms with Gasteiger partial charge < -0.3 is 15.0 Å². The molecule has 6 rings (SSSR count). The van der Waals surface area contributed by atoms with Crippen LogP contribution in [0.15, 0.2) is 77.4 Å². The highest BCUT2D eigenvalue weighted by Crippen LogP contribution is 2.32. The number of hydrogen-bond acceptors (Lipinski definition) is 7. The number of para-hydroxylation sites is 1. The Hall–Kier alpha value is -4.30. The number of nitrogens with one attached hydrogen (secondary N) is 1. The number of rotatable bonds is 4. The first-order valence-corrected chi connectivity index (χ1v) is 11.1. The average Bonchev–Trinajstić information content (AvgIpc) is 3.40. The number of pyridine rings is 1. The number of carbonyl (C=O) groups excluding carboxylic acids is 1. The van der Waals surface area contributed by atoms with Gasteiger partial charge in [-0.1, -0.05) is 48.5 Å². The molecular formula is C26H21N5O3. The fraction of sp³-hybridized carbons (Fsp3) is 0.154. The summed E-state index contributed by atoms with van der Waals surface area (Å²) in [5, 5.41) is 12.0. The van der Waals surface area contributed by atoms with Gasteiger partial charge in [-0.3, -0.25) is 4.79 Å². The molecule has 5 aromatic rings. The smallest absolute Gasteiger partial charge is 0.256 e. The van der Waals surface area contributed by atoms with E-state index >= 15 is 0 Å². The Kier molecular flexibility index (Phi) is 5.12. The van der Waals surface area contributed by atoms with Crippen molar-refractivity contribution < 1.29 is 14.2 Å². The van der Waals surface area contributed by atoms with E-state index in [9.17, 15) is 4.79 Å². The Morgan fingerprint density at radius 1 is 0.882 bits per heavy atom. The maximum atomic E-state index is 13.5. The molecule has 0 spiro atoms. The first-order chi connectivity index (χ1) is 16.8. The van der Waals surface area contributed by atoms with Crippen molar-refractivity contribution in [2.75, 3.05) is 36.5 Å². The molecule has 168 valence electrons. The Morgan fingerprint density at radius 3 is 2.50 bits per heavy atom. The van der Waals surface area contributed by atoms with Gasteiger partial charge in [0, 0.05) is 24.0 Å². The molecule has 1 aliphatic heterocycles. The molecule has 1 amide bonds. The van der Waals surface area contributed by atoms with E-state index in [1.807, 2.05) is 72.8 Å². The van der Waals surface area contributed by atoms with E-state index < -0.39 is 0 Å². The zero-order valence-electron chi connectivity index (χ0n) is 18.3. The van der Waals surface area contributed by atoms with Crippen LogP contribution < -0.4 is 10.2 Å². The van der Waals surface area contributed by atoms with Crippen LogP contribution in [0.25, 0.3) is 33.2 Å². The van der Waals surface area contributed by atoms with Gasteiger partial charge in [-0.15, -0.1) is 0 Å². The largest absolute Gasteiger partial charge is 0.378 e. The quantitative estimate of drug-likeness (QED) is 0.429. The number of anilines is 2. The standard InChI is InChI=1S/C26H21N5O3/c32-26(19-16-22(17-6-2-1-3-7-17)27-20-9-5-4-8-18(19)20)28-21-10-11-23(25-24(21)29-34-30-25)31-12-14-33-15-13-31/h1-11,16H,12-15H2,(H,28,32). The molecule has 0 aliphatic carbocycles. The van der Waals surface area contributed by atoms with Crippen LogP contribution in [-0.4, -0.2) is 47.5 Å². The summed E-state index contributed by atoms with van der Waals surface area (Å²) in [6.45, 7) is 2.84. The van der Waals surface area contributed by atoms with Gasteiger partial charge in [0.15, 0.2) is 11.0 Å². The van der Waals surface area contributed by atoms with Crippen LogP contribution in [0.3, 0.4) is 0 Å². The Labute approximate surface area is 195 Å². The molecule has 1 aliphatic rings. The summed E-state index contributed by atoms with van der Waals surface area (Å²) in [5.74, 6) is -0.251. The van der Waals surface area contributed by atoms with Gasteiger partial charge in [-0.05, 0) is 34.6 Å². The van der Waals surface area contributed by atoms with E-state index in [1.54, 1.807) is 0 Å². The molecule has 34 heavy (non-hydrogen) atoms. The number of aromatic nitrogens is 3. The lowest BCUT2D eigenvalue weighted by Crippen LogP contribution is -2.36. The van der Waals surface area contributed by atoms with Crippen LogP contribution >= 0.6 is 0 Å². The molecule has 1 N–H and O–H groups in total. The lowest BCUT2D eigenvalue weighted by Gasteiger charge is -2.28. The molecule has 8 nitrogen and oxygen atoms in total. The van der Waals surface area contributed by atoms with E-state index in [-0.39, 0.29) is 5.91 Å². The lowest BCUT2D eigenvalue weighted by molar-refractivity contribution is 0.102. The van der Waals surface area contributed by atoms with Crippen LogP contribution in [0.1, 0.15) is 10.4 Å². The molecule has 0 unspecified atom stereocenters. The zero-order valence-corrected chi connectivity index (χ0v) is 18.3. The molecule has 2 aromatic heterocycles. The fourth-order valence-corrected chi connectivity index (χ4v) is 4.32. The fourth-order valence-electron chi connectivity index (χ4n) is 4.32. The minimum Gasteiger partial charge on any atom is -0.378 e. The summed E-state index contributed by atoms with van der Waals surface area (Å²) in [4.78, 5) is 20.5. The van der Waals surface area contributed by atoms with Crippen LogP contribution in [0, 0.1) is 0 Å². The van der Waals surface area contributed by atoms with Crippen molar-refractivity contribution in [3.05, 3.63) is 78.4 Å². The first kappa shape index (κ1) is 20.3. The molecule has 0 atom stereocenters. The van der Waals surface area contributed by atoms with Crippen molar-refractivity contribution in [3.63, 3.8) is 0 Å². The maximum Gasteiger partial charge on any atom is 0.256 e. The highest BCUT2D eigenvalue weighted by Gasteiger charge is 2.21. The highest BCUT2D eigenvalue weighted by molar-refractivity contribution is 6.15. The van der Waals surface area contributed by atoms with Gasteiger partial charge >= 0.3 is 0 Å². The second kappa shape index (κ2) is 8.57. The third-order valence-electron chi connectivity index (χ3n) is 6.02. The summed E-state index contributed by atoms with van der Waals surface area (Å²) in [6, 6.07) is 23.1. The van der Waals surface area contributed by atoms with Crippen molar-refractivity contribution in [2.24, 2.45) is 0 Å². The van der Waals surface area contributed by atoms with E-state index in [0.717, 1.165) is 40.9 Å². The average molecular weight is 451 g/mol. The van der Waals surface area contributed by atoms with Gasteiger partial charge in [-0.25, -0.2) is 9.61 Å². The highest BCUT2D eigenvalue weighted by atomic mass is 16.6. The van der Waals surface area contributed by atoms with Gasteiger partial charge in [-0.2, -0.15) is 0 Å². The van der Waals surface area contributed by atoms with Crippen LogP contribution in [0.2, 0.25) is 0 Å². The van der Waals surface area contributed by atoms with Crippen molar-refractivity contribution >= 4 is 39.2 Å². The van der Waals surface area contributed by atoms with Gasteiger partial charge in [0.2, 0.25) is 0 Å². The third-order valence-corrected chi connectivity index (χ3v) is 6.02. The second-order valence-electron chi connectivity index (χ2n) is 8.09. The summed E-state index contributed by atoms with van der Waals surface area (Å²) in [7, 11) is 0. The Bertz CT molecular complexity index is 1490. The number of benzene rings is 3. The number of morpholine rings is 1. The predicted molar refractivity (Wildman–Crippen MR) is 130 cm³/mol. The third kappa shape index (κ3) is 3.64. The summed E-state index contributed by atoms with van der Waals surface area (Å²) in [6.07, 6.45) is 0. The summed E-state index contributed by atoms with van der Waals surface area (Å²) >= 11 is 0. The van der Waals surface area contributed by atoms with Crippen molar-refractivity contribution in [2.45, 2.75) is 0 Å². The number of amides is 1. The molecular weight excluding hydrogens is 430 g/mol. The number of ether oxygens (including phenoxy) is 1. The summed E-state index contributed by atoms with van der Waals surface area (Å²) in [5.41, 5.74) is 5.55. The number of nitrogens with zero attached hydrogens (tertiary/aromatic N) is 4. The van der Waals surface area contributed by atoms with Crippen molar-refractivity contribution in [3.8, 4) is 11.3 Å². The second-order valence-corrected chi connectivity index (χ2v) is 8.09. The van der Waals surface area contributed by atoms with Crippen LogP contribution in [0.5, 0.6) is 0 Å². The van der Waals surface area contributed by atoms with E-state index in [1.165, 1.54) is 0 Å². The normalized spacial score (nSPS) is 13.9. The SMILES string of the molecule is O=C(Nc1ccc(N2CCOCC2)c2nonc12)c1cc(-c2ccccc2)nc2ccccc12. The predicted octanol–water partition coefficient (Wildman–Crippen LogP) is 4.53. The van der Waals surface area contributed by atoms with Gasteiger partial charge in [0.1, 0.15) is 0 Å². The minimum atomic E-state index is -0.251. The maximum absolute atomic E-state index is 13.5. The molecule has 3 heterocycles. The molecule has 0 bridgehead atoms. The number of fused-ring (bicyclic) bond motifs is 2. The molecule has 8 heteroatoms. The Balaban J connectivity index is 1.39. The molecule has 3 aromatic carbocycles. The monoisotopic (exact) mass is 451 g/mol.